The van der Waals surface area contributed by atoms with Crippen molar-refractivity contribution < 1.29 is 4.79 Å². The molecule has 1 heterocycles. The van der Waals surface area contributed by atoms with Crippen molar-refractivity contribution in [2.45, 2.75) is 51.1 Å². The van der Waals surface area contributed by atoms with Crippen LogP contribution >= 0.6 is 0 Å². The Balaban J connectivity index is 1.73. The van der Waals surface area contributed by atoms with Crippen molar-refractivity contribution in [2.75, 3.05) is 23.3 Å². The average molecular weight is 287 g/mol. The summed E-state index contributed by atoms with van der Waals surface area (Å²) in [5.74, 6) is 0.165. The highest BCUT2D eigenvalue weighted by atomic mass is 16.2. The zero-order valence-electron chi connectivity index (χ0n) is 12.8. The van der Waals surface area contributed by atoms with Gasteiger partial charge in [0.15, 0.2) is 0 Å². The van der Waals surface area contributed by atoms with E-state index in [2.05, 4.69) is 27.7 Å². The molecule has 1 aliphatic carbocycles. The molecule has 1 atom stereocenters. The largest absolute Gasteiger partial charge is 0.383 e. The number of rotatable bonds is 3. The van der Waals surface area contributed by atoms with Crippen molar-refractivity contribution in [3.63, 3.8) is 0 Å². The van der Waals surface area contributed by atoms with E-state index < -0.39 is 0 Å². The molecule has 0 radical (unpaired) electrons. The molecule has 4 heteroatoms. The van der Waals surface area contributed by atoms with Crippen LogP contribution in [-0.4, -0.2) is 31.1 Å². The molecule has 0 bridgehead atoms. The smallest absolute Gasteiger partial charge is 0.242 e. The van der Waals surface area contributed by atoms with E-state index in [9.17, 15) is 4.79 Å². The van der Waals surface area contributed by atoms with Gasteiger partial charge in [-0.15, -0.1) is 0 Å². The number of amides is 1. The lowest BCUT2D eigenvalue weighted by Gasteiger charge is -2.31. The molecule has 1 unspecified atom stereocenters. The second kappa shape index (κ2) is 6.37. The summed E-state index contributed by atoms with van der Waals surface area (Å²) in [7, 11) is 0. The van der Waals surface area contributed by atoms with Gasteiger partial charge in [-0.05, 0) is 38.3 Å². The molecular formula is C17H25N3O. The quantitative estimate of drug-likeness (QED) is 0.898. The first-order valence-electron chi connectivity index (χ1n) is 8.15. The lowest BCUT2D eigenvalue weighted by molar-refractivity contribution is -0.122. The second-order valence-corrected chi connectivity index (χ2v) is 6.16. The Morgan fingerprint density at radius 3 is 2.86 bits per heavy atom. The van der Waals surface area contributed by atoms with Crippen LogP contribution in [0.5, 0.6) is 0 Å². The number of carbonyl (C=O) groups excluding carboxylic acids is 1. The zero-order valence-corrected chi connectivity index (χ0v) is 12.8. The molecule has 1 fully saturated rings. The van der Waals surface area contributed by atoms with Crippen LogP contribution in [0.1, 0.15) is 39.0 Å². The van der Waals surface area contributed by atoms with Gasteiger partial charge in [-0.25, -0.2) is 0 Å². The van der Waals surface area contributed by atoms with Crippen LogP contribution in [0, 0.1) is 0 Å². The van der Waals surface area contributed by atoms with Gasteiger partial charge in [-0.1, -0.05) is 25.0 Å². The SMILES string of the molecule is CC(C(=O)NC1CCCC1)N1CCCNc2ccccc21. The first-order chi connectivity index (χ1) is 10.3. The van der Waals surface area contributed by atoms with Gasteiger partial charge in [0.05, 0.1) is 11.4 Å². The highest BCUT2D eigenvalue weighted by molar-refractivity contribution is 5.87. The maximum absolute atomic E-state index is 12.5. The van der Waals surface area contributed by atoms with Crippen LogP contribution in [0.3, 0.4) is 0 Å². The Hall–Kier alpha value is -1.71. The van der Waals surface area contributed by atoms with Crippen LogP contribution in [0.15, 0.2) is 24.3 Å². The molecule has 4 nitrogen and oxygen atoms in total. The van der Waals surface area contributed by atoms with Gasteiger partial charge in [0.25, 0.3) is 0 Å². The minimum Gasteiger partial charge on any atom is -0.383 e. The maximum atomic E-state index is 12.5. The molecular weight excluding hydrogens is 262 g/mol. The van der Waals surface area contributed by atoms with Crippen molar-refractivity contribution >= 4 is 17.3 Å². The molecule has 1 aliphatic heterocycles. The number of nitrogens with one attached hydrogen (secondary N) is 2. The van der Waals surface area contributed by atoms with Gasteiger partial charge >= 0.3 is 0 Å². The maximum Gasteiger partial charge on any atom is 0.242 e. The summed E-state index contributed by atoms with van der Waals surface area (Å²) < 4.78 is 0. The van der Waals surface area contributed by atoms with E-state index in [0.29, 0.717) is 6.04 Å². The van der Waals surface area contributed by atoms with Crippen LogP contribution in [0.25, 0.3) is 0 Å². The summed E-state index contributed by atoms with van der Waals surface area (Å²) in [4.78, 5) is 14.8. The predicted molar refractivity (Wildman–Crippen MR) is 86.8 cm³/mol. The van der Waals surface area contributed by atoms with Gasteiger partial charge in [0.1, 0.15) is 6.04 Å². The van der Waals surface area contributed by atoms with Crippen LogP contribution < -0.4 is 15.5 Å². The van der Waals surface area contributed by atoms with Gasteiger partial charge in [0, 0.05) is 19.1 Å². The van der Waals surface area contributed by atoms with Crippen molar-refractivity contribution in [3.8, 4) is 0 Å². The fourth-order valence-electron chi connectivity index (χ4n) is 3.40. The molecule has 0 aromatic heterocycles. The van der Waals surface area contributed by atoms with Crippen LogP contribution in [0.4, 0.5) is 11.4 Å². The monoisotopic (exact) mass is 287 g/mol. The molecule has 2 aliphatic rings. The number of hydrogen-bond acceptors (Lipinski definition) is 3. The number of anilines is 2. The Labute approximate surface area is 126 Å². The van der Waals surface area contributed by atoms with Crippen molar-refractivity contribution in [2.24, 2.45) is 0 Å². The summed E-state index contributed by atoms with van der Waals surface area (Å²) in [5.41, 5.74) is 2.28. The number of carbonyl (C=O) groups is 1. The molecule has 21 heavy (non-hydrogen) atoms. The molecule has 0 spiro atoms. The Morgan fingerprint density at radius 1 is 1.29 bits per heavy atom. The fraction of sp³-hybridized carbons (Fsp3) is 0.588. The Bertz CT molecular complexity index is 497. The number of benzene rings is 1. The molecule has 3 rings (SSSR count). The number of para-hydroxylation sites is 2. The van der Waals surface area contributed by atoms with E-state index in [0.717, 1.165) is 43.7 Å². The molecule has 0 saturated heterocycles. The van der Waals surface area contributed by atoms with Crippen molar-refractivity contribution in [3.05, 3.63) is 24.3 Å². The summed E-state index contributed by atoms with van der Waals surface area (Å²) in [6.07, 6.45) is 5.81. The minimum atomic E-state index is -0.119. The average Bonchev–Trinajstić information content (AvgIpc) is 2.91. The van der Waals surface area contributed by atoms with E-state index in [1.165, 1.54) is 12.8 Å². The van der Waals surface area contributed by atoms with E-state index in [4.69, 9.17) is 0 Å². The third-order valence-corrected chi connectivity index (χ3v) is 4.65. The summed E-state index contributed by atoms with van der Waals surface area (Å²) in [6.45, 7) is 3.90. The molecule has 1 aromatic carbocycles. The molecule has 1 saturated carbocycles. The Kier molecular flexibility index (Phi) is 4.32. The summed E-state index contributed by atoms with van der Waals surface area (Å²) in [6, 6.07) is 8.55. The lowest BCUT2D eigenvalue weighted by atomic mass is 10.1. The topological polar surface area (TPSA) is 44.4 Å². The number of fused-ring (bicyclic) bond motifs is 1. The molecule has 1 amide bonds. The lowest BCUT2D eigenvalue weighted by Crippen LogP contribution is -2.48. The first kappa shape index (κ1) is 14.2. The third kappa shape index (κ3) is 3.14. The van der Waals surface area contributed by atoms with E-state index in [1.807, 2.05) is 19.1 Å². The summed E-state index contributed by atoms with van der Waals surface area (Å²) in [5, 5.41) is 6.67. The van der Waals surface area contributed by atoms with Crippen LogP contribution in [0.2, 0.25) is 0 Å². The molecule has 114 valence electrons. The number of nitrogens with zero attached hydrogens (tertiary/aromatic N) is 1. The van der Waals surface area contributed by atoms with Gasteiger partial charge in [-0.2, -0.15) is 0 Å². The van der Waals surface area contributed by atoms with Gasteiger partial charge in [-0.3, -0.25) is 4.79 Å². The second-order valence-electron chi connectivity index (χ2n) is 6.16. The fourth-order valence-corrected chi connectivity index (χ4v) is 3.40. The first-order valence-corrected chi connectivity index (χ1v) is 8.15. The third-order valence-electron chi connectivity index (χ3n) is 4.65. The Morgan fingerprint density at radius 2 is 2.05 bits per heavy atom. The number of hydrogen-bond donors (Lipinski definition) is 2. The van der Waals surface area contributed by atoms with Gasteiger partial charge < -0.3 is 15.5 Å². The van der Waals surface area contributed by atoms with Gasteiger partial charge in [0.2, 0.25) is 5.91 Å². The molecule has 1 aromatic rings. The molecule has 2 N–H and O–H groups in total. The van der Waals surface area contributed by atoms with E-state index in [-0.39, 0.29) is 11.9 Å². The van der Waals surface area contributed by atoms with E-state index >= 15 is 0 Å². The van der Waals surface area contributed by atoms with Crippen LogP contribution in [-0.2, 0) is 4.79 Å². The minimum absolute atomic E-state index is 0.119. The zero-order chi connectivity index (χ0) is 14.7. The highest BCUT2D eigenvalue weighted by Gasteiger charge is 2.27. The van der Waals surface area contributed by atoms with E-state index in [1.54, 1.807) is 0 Å². The highest BCUT2D eigenvalue weighted by Crippen LogP contribution is 2.29. The predicted octanol–water partition coefficient (Wildman–Crippen LogP) is 2.76. The summed E-state index contributed by atoms with van der Waals surface area (Å²) >= 11 is 0. The standard InChI is InChI=1S/C17H25N3O/c1-13(17(21)19-14-7-2-3-8-14)20-12-6-11-18-15-9-4-5-10-16(15)20/h4-5,9-10,13-14,18H,2-3,6-8,11-12H2,1H3,(H,19,21). The van der Waals surface area contributed by atoms with Crippen molar-refractivity contribution in [1.29, 1.82) is 0 Å². The normalized spacial score (nSPS) is 20.3. The van der Waals surface area contributed by atoms with Crippen molar-refractivity contribution in [1.82, 2.24) is 5.32 Å².